The van der Waals surface area contributed by atoms with Crippen molar-refractivity contribution in [3.05, 3.63) is 47.3 Å². The van der Waals surface area contributed by atoms with E-state index in [9.17, 15) is 9.59 Å². The second kappa shape index (κ2) is 5.93. The van der Waals surface area contributed by atoms with Crippen LogP contribution >= 0.6 is 0 Å². The predicted octanol–water partition coefficient (Wildman–Crippen LogP) is 1.92. The van der Waals surface area contributed by atoms with Crippen molar-refractivity contribution >= 4 is 11.7 Å². The van der Waals surface area contributed by atoms with Crippen LogP contribution < -0.4 is 14.8 Å². The lowest BCUT2D eigenvalue weighted by Crippen LogP contribution is -2.23. The number of rotatable bonds is 4. The number of aromatic nitrogens is 1. The molecule has 0 unspecified atom stereocenters. The van der Waals surface area contributed by atoms with E-state index >= 15 is 0 Å². The van der Waals surface area contributed by atoms with Crippen molar-refractivity contribution in [2.24, 2.45) is 0 Å². The van der Waals surface area contributed by atoms with E-state index in [0.29, 0.717) is 36.8 Å². The monoisotopic (exact) mass is 300 g/mol. The number of hydrogen-bond donors (Lipinski definition) is 2. The van der Waals surface area contributed by atoms with Gasteiger partial charge < -0.3 is 19.8 Å². The van der Waals surface area contributed by atoms with Gasteiger partial charge in [-0.25, -0.2) is 0 Å². The molecule has 1 aromatic heterocycles. The maximum atomic E-state index is 12.0. The van der Waals surface area contributed by atoms with Gasteiger partial charge in [0, 0.05) is 18.3 Å². The molecular formula is C16H16N2O4. The highest BCUT2D eigenvalue weighted by molar-refractivity contribution is 5.99. The Morgan fingerprint density at radius 2 is 1.95 bits per heavy atom. The van der Waals surface area contributed by atoms with Gasteiger partial charge in [-0.15, -0.1) is 0 Å². The number of benzene rings is 1. The third-order valence-electron chi connectivity index (χ3n) is 3.39. The van der Waals surface area contributed by atoms with Gasteiger partial charge in [-0.05, 0) is 30.7 Å². The molecule has 1 amide bonds. The van der Waals surface area contributed by atoms with Crippen molar-refractivity contribution < 1.29 is 19.1 Å². The molecule has 6 nitrogen and oxygen atoms in total. The van der Waals surface area contributed by atoms with E-state index in [4.69, 9.17) is 9.47 Å². The summed E-state index contributed by atoms with van der Waals surface area (Å²) in [6, 6.07) is 7.11. The van der Waals surface area contributed by atoms with Crippen LogP contribution in [-0.4, -0.2) is 29.9 Å². The fourth-order valence-electron chi connectivity index (χ4n) is 2.20. The van der Waals surface area contributed by atoms with Crippen LogP contribution in [-0.2, 0) is 6.54 Å². The highest BCUT2D eigenvalue weighted by Gasteiger charge is 2.13. The van der Waals surface area contributed by atoms with E-state index in [0.717, 1.165) is 11.3 Å². The van der Waals surface area contributed by atoms with Gasteiger partial charge in [0.25, 0.3) is 5.91 Å². The second-order valence-electron chi connectivity index (χ2n) is 5.02. The smallest absolute Gasteiger partial charge is 0.267 e. The molecular weight excluding hydrogens is 284 g/mol. The van der Waals surface area contributed by atoms with Crippen molar-refractivity contribution in [1.82, 2.24) is 10.3 Å². The Morgan fingerprint density at radius 3 is 2.68 bits per heavy atom. The van der Waals surface area contributed by atoms with Gasteiger partial charge in [-0.3, -0.25) is 9.59 Å². The lowest BCUT2D eigenvalue weighted by Gasteiger charge is -2.18. The van der Waals surface area contributed by atoms with Crippen molar-refractivity contribution in [1.29, 1.82) is 0 Å². The van der Waals surface area contributed by atoms with Gasteiger partial charge in [0.2, 0.25) is 0 Å². The average Bonchev–Trinajstić information content (AvgIpc) is 3.03. The number of ketones is 1. The molecule has 0 bridgehead atoms. The Balaban J connectivity index is 1.64. The van der Waals surface area contributed by atoms with Gasteiger partial charge in [0.1, 0.15) is 18.9 Å². The van der Waals surface area contributed by atoms with Gasteiger partial charge in [0.05, 0.1) is 0 Å². The van der Waals surface area contributed by atoms with Crippen molar-refractivity contribution in [2.45, 2.75) is 13.5 Å². The third-order valence-corrected chi connectivity index (χ3v) is 3.39. The maximum absolute atomic E-state index is 12.0. The number of ether oxygens (including phenoxy) is 2. The van der Waals surface area contributed by atoms with E-state index in [1.807, 2.05) is 18.2 Å². The first kappa shape index (κ1) is 14.2. The molecule has 1 aromatic carbocycles. The molecule has 0 atom stereocenters. The van der Waals surface area contributed by atoms with Gasteiger partial charge in [-0.1, -0.05) is 6.07 Å². The molecule has 0 fully saturated rings. The lowest BCUT2D eigenvalue weighted by atomic mass is 10.2. The Hall–Kier alpha value is -2.76. The highest BCUT2D eigenvalue weighted by Crippen LogP contribution is 2.30. The molecule has 1 aliphatic heterocycles. The molecule has 0 saturated carbocycles. The lowest BCUT2D eigenvalue weighted by molar-refractivity contribution is 0.0946. The summed E-state index contributed by atoms with van der Waals surface area (Å²) in [4.78, 5) is 26.0. The minimum atomic E-state index is -0.262. The van der Waals surface area contributed by atoms with E-state index in [2.05, 4.69) is 10.3 Å². The highest BCUT2D eigenvalue weighted by atomic mass is 16.6. The number of fused-ring (bicyclic) bond motifs is 1. The van der Waals surface area contributed by atoms with Crippen LogP contribution in [0.1, 0.15) is 33.3 Å². The third kappa shape index (κ3) is 2.95. The molecule has 22 heavy (non-hydrogen) atoms. The SMILES string of the molecule is CC(=O)c1c[nH]c(C(=O)NCc2ccc3c(c2)OCCO3)c1. The fraction of sp³-hybridized carbons (Fsp3) is 0.250. The fourth-order valence-corrected chi connectivity index (χ4v) is 2.20. The number of amides is 1. The zero-order valence-corrected chi connectivity index (χ0v) is 12.1. The number of carbonyl (C=O) groups is 2. The Kier molecular flexibility index (Phi) is 3.82. The minimum absolute atomic E-state index is 0.0814. The summed E-state index contributed by atoms with van der Waals surface area (Å²) in [5.41, 5.74) is 1.77. The molecule has 6 heteroatoms. The molecule has 2 N–H and O–H groups in total. The molecule has 0 spiro atoms. The number of nitrogens with one attached hydrogen (secondary N) is 2. The standard InChI is InChI=1S/C16H16N2O4/c1-10(19)12-7-13(17-9-12)16(20)18-8-11-2-3-14-15(6-11)22-5-4-21-14/h2-3,6-7,9,17H,4-5,8H2,1H3,(H,18,20). The Labute approximate surface area is 127 Å². The quantitative estimate of drug-likeness (QED) is 0.845. The maximum Gasteiger partial charge on any atom is 0.267 e. The molecule has 0 radical (unpaired) electrons. The second-order valence-corrected chi connectivity index (χ2v) is 5.02. The van der Waals surface area contributed by atoms with E-state index < -0.39 is 0 Å². The number of carbonyl (C=O) groups excluding carboxylic acids is 2. The molecule has 2 aromatic rings. The van der Waals surface area contributed by atoms with Crippen LogP contribution in [0.5, 0.6) is 11.5 Å². The van der Waals surface area contributed by atoms with Crippen LogP contribution in [0.2, 0.25) is 0 Å². The first-order valence-corrected chi connectivity index (χ1v) is 6.99. The van der Waals surface area contributed by atoms with Crippen LogP contribution in [0.15, 0.2) is 30.5 Å². The summed E-state index contributed by atoms with van der Waals surface area (Å²) in [7, 11) is 0. The minimum Gasteiger partial charge on any atom is -0.486 e. The molecule has 3 rings (SSSR count). The number of aromatic amines is 1. The van der Waals surface area contributed by atoms with Crippen LogP contribution in [0.25, 0.3) is 0 Å². The summed E-state index contributed by atoms with van der Waals surface area (Å²) in [5.74, 6) is 1.07. The van der Waals surface area contributed by atoms with Gasteiger partial charge >= 0.3 is 0 Å². The Morgan fingerprint density at radius 1 is 1.18 bits per heavy atom. The number of Topliss-reactive ketones (excluding diaryl/α,β-unsaturated/α-hetero) is 1. The summed E-state index contributed by atoms with van der Waals surface area (Å²) in [6.07, 6.45) is 1.53. The normalized spacial score (nSPS) is 12.8. The zero-order valence-electron chi connectivity index (χ0n) is 12.1. The van der Waals surface area contributed by atoms with Crippen molar-refractivity contribution in [3.8, 4) is 11.5 Å². The van der Waals surface area contributed by atoms with Gasteiger partial charge in [0.15, 0.2) is 17.3 Å². The summed E-state index contributed by atoms with van der Waals surface area (Å²) < 4.78 is 11.0. The summed E-state index contributed by atoms with van der Waals surface area (Å²) in [5, 5.41) is 2.80. The van der Waals surface area contributed by atoms with Crippen molar-refractivity contribution in [2.75, 3.05) is 13.2 Å². The first-order valence-electron chi connectivity index (χ1n) is 6.99. The molecule has 2 heterocycles. The van der Waals surface area contributed by atoms with Gasteiger partial charge in [-0.2, -0.15) is 0 Å². The first-order chi connectivity index (χ1) is 10.6. The molecule has 1 aliphatic rings. The summed E-state index contributed by atoms with van der Waals surface area (Å²) >= 11 is 0. The van der Waals surface area contributed by atoms with E-state index in [-0.39, 0.29) is 11.7 Å². The van der Waals surface area contributed by atoms with Crippen LogP contribution in [0.4, 0.5) is 0 Å². The summed E-state index contributed by atoms with van der Waals surface area (Å²) in [6.45, 7) is 2.90. The zero-order chi connectivity index (χ0) is 15.5. The van der Waals surface area contributed by atoms with E-state index in [1.165, 1.54) is 13.1 Å². The predicted molar refractivity (Wildman–Crippen MR) is 79.4 cm³/mol. The molecule has 0 aliphatic carbocycles. The van der Waals surface area contributed by atoms with Crippen molar-refractivity contribution in [3.63, 3.8) is 0 Å². The topological polar surface area (TPSA) is 80.4 Å². The molecule has 114 valence electrons. The number of hydrogen-bond acceptors (Lipinski definition) is 4. The number of H-pyrrole nitrogens is 1. The molecule has 0 saturated heterocycles. The average molecular weight is 300 g/mol. The Bertz CT molecular complexity index is 721. The van der Waals surface area contributed by atoms with E-state index in [1.54, 1.807) is 6.07 Å². The van der Waals surface area contributed by atoms with Crippen LogP contribution in [0.3, 0.4) is 0 Å². The largest absolute Gasteiger partial charge is 0.486 e. The van der Waals surface area contributed by atoms with Crippen LogP contribution in [0, 0.1) is 0 Å².